The predicted octanol–water partition coefficient (Wildman–Crippen LogP) is 3.35. The molecule has 0 fully saturated rings. The average molecular weight is 539 g/mol. The van der Waals surface area contributed by atoms with Crippen LogP contribution in [0.2, 0.25) is 0 Å². The first kappa shape index (κ1) is 27.4. The zero-order chi connectivity index (χ0) is 28.2. The van der Waals surface area contributed by atoms with Gasteiger partial charge in [0.2, 0.25) is 0 Å². The zero-order valence-electron chi connectivity index (χ0n) is 21.3. The Morgan fingerprint density at radius 2 is 0.950 bits per heavy atom. The Bertz CT molecular complexity index is 1380. The summed E-state index contributed by atoms with van der Waals surface area (Å²) in [4.78, 5) is 51.1. The summed E-state index contributed by atoms with van der Waals surface area (Å²) in [5, 5.41) is 10.5. The summed E-state index contributed by atoms with van der Waals surface area (Å²) in [7, 11) is 0. The summed E-state index contributed by atoms with van der Waals surface area (Å²) in [6.45, 7) is 0.0594. The van der Waals surface area contributed by atoms with E-state index in [1.165, 1.54) is 24.7 Å². The van der Waals surface area contributed by atoms with Gasteiger partial charge in [0.1, 0.15) is 22.9 Å². The molecule has 4 aromatic rings. The molecule has 202 valence electrons. The highest BCUT2D eigenvalue weighted by molar-refractivity contribution is 6.06. The molecule has 2 heterocycles. The fraction of sp³-hybridized carbons (Fsp3) is 0.0667. The maximum Gasteiger partial charge on any atom is 0.268 e. The van der Waals surface area contributed by atoms with E-state index in [-0.39, 0.29) is 24.5 Å². The highest BCUT2D eigenvalue weighted by atomic mass is 16.3. The summed E-state index contributed by atoms with van der Waals surface area (Å²) in [6, 6.07) is 23.5. The molecule has 40 heavy (non-hydrogen) atoms. The molecule has 0 radical (unpaired) electrons. The van der Waals surface area contributed by atoms with Gasteiger partial charge >= 0.3 is 0 Å². The third kappa shape index (κ3) is 7.93. The zero-order valence-corrected chi connectivity index (χ0v) is 21.3. The number of nitrogens with one attached hydrogen (secondary N) is 4. The second-order valence-electron chi connectivity index (χ2n) is 8.30. The second-order valence-corrected chi connectivity index (χ2v) is 8.30. The second kappa shape index (κ2) is 13.8. The van der Waals surface area contributed by atoms with E-state index in [9.17, 15) is 19.2 Å². The maximum absolute atomic E-state index is 12.9. The van der Waals surface area contributed by atoms with Crippen molar-refractivity contribution < 1.29 is 28.0 Å². The number of amides is 4. The lowest BCUT2D eigenvalue weighted by molar-refractivity contribution is -0.119. The van der Waals surface area contributed by atoms with Gasteiger partial charge in [-0.05, 0) is 48.5 Å². The Labute approximate surface area is 229 Å². The van der Waals surface area contributed by atoms with E-state index in [0.717, 1.165) is 0 Å². The van der Waals surface area contributed by atoms with Gasteiger partial charge in [-0.15, -0.1) is 0 Å². The van der Waals surface area contributed by atoms with Crippen LogP contribution in [0.25, 0.3) is 12.2 Å². The van der Waals surface area contributed by atoms with E-state index >= 15 is 0 Å². The molecular formula is C30H26N4O6. The summed E-state index contributed by atoms with van der Waals surface area (Å²) in [5.74, 6) is -1.37. The van der Waals surface area contributed by atoms with Crippen LogP contribution in [0.15, 0.2) is 118 Å². The van der Waals surface area contributed by atoms with Gasteiger partial charge in [0.15, 0.2) is 0 Å². The highest BCUT2D eigenvalue weighted by Crippen LogP contribution is 2.09. The first-order valence-electron chi connectivity index (χ1n) is 12.3. The fourth-order valence-electron chi connectivity index (χ4n) is 3.46. The average Bonchev–Trinajstić information content (AvgIpc) is 3.70. The van der Waals surface area contributed by atoms with Crippen LogP contribution < -0.4 is 21.3 Å². The highest BCUT2D eigenvalue weighted by Gasteiger charge is 2.17. The van der Waals surface area contributed by atoms with E-state index in [1.54, 1.807) is 84.9 Å². The van der Waals surface area contributed by atoms with Crippen LogP contribution in [0.5, 0.6) is 0 Å². The van der Waals surface area contributed by atoms with Gasteiger partial charge in [0, 0.05) is 36.4 Å². The third-order valence-corrected chi connectivity index (χ3v) is 5.41. The van der Waals surface area contributed by atoms with Gasteiger partial charge < -0.3 is 30.1 Å². The minimum absolute atomic E-state index is 0.0297. The minimum atomic E-state index is -0.585. The largest absolute Gasteiger partial charge is 0.465 e. The van der Waals surface area contributed by atoms with E-state index in [0.29, 0.717) is 22.6 Å². The maximum atomic E-state index is 12.9. The van der Waals surface area contributed by atoms with Gasteiger partial charge in [-0.2, -0.15) is 0 Å². The molecule has 0 aliphatic heterocycles. The lowest BCUT2D eigenvalue weighted by Crippen LogP contribution is -2.41. The van der Waals surface area contributed by atoms with Gasteiger partial charge in [0.25, 0.3) is 23.6 Å². The Hall–Kier alpha value is -5.64. The first-order valence-corrected chi connectivity index (χ1v) is 12.3. The van der Waals surface area contributed by atoms with Crippen molar-refractivity contribution in [3.8, 4) is 0 Å². The number of rotatable bonds is 11. The number of hydrogen-bond donors (Lipinski definition) is 4. The van der Waals surface area contributed by atoms with E-state index in [4.69, 9.17) is 8.83 Å². The molecule has 0 saturated carbocycles. The van der Waals surface area contributed by atoms with Crippen molar-refractivity contribution >= 4 is 35.8 Å². The Kier molecular flexibility index (Phi) is 9.43. The topological polar surface area (TPSA) is 143 Å². The Morgan fingerprint density at radius 1 is 0.550 bits per heavy atom. The molecule has 0 aliphatic carbocycles. The molecule has 0 saturated heterocycles. The van der Waals surface area contributed by atoms with Crippen molar-refractivity contribution in [2.45, 2.75) is 0 Å². The number of hydrogen-bond acceptors (Lipinski definition) is 6. The van der Waals surface area contributed by atoms with Gasteiger partial charge in [-0.25, -0.2) is 0 Å². The summed E-state index contributed by atoms with van der Waals surface area (Å²) in [5.41, 5.74) is 0.676. The molecule has 2 aromatic carbocycles. The molecule has 10 heteroatoms. The molecule has 0 bridgehead atoms. The summed E-state index contributed by atoms with van der Waals surface area (Å²) < 4.78 is 10.6. The smallest absolute Gasteiger partial charge is 0.268 e. The molecule has 4 N–H and O–H groups in total. The van der Waals surface area contributed by atoms with Crippen LogP contribution in [0.3, 0.4) is 0 Å². The van der Waals surface area contributed by atoms with Crippen LogP contribution >= 0.6 is 0 Å². The van der Waals surface area contributed by atoms with Crippen molar-refractivity contribution in [2.24, 2.45) is 0 Å². The number of furan rings is 2. The Balaban J connectivity index is 1.37. The van der Waals surface area contributed by atoms with Crippen LogP contribution in [-0.2, 0) is 9.59 Å². The molecule has 4 amide bonds. The quantitative estimate of drug-likeness (QED) is 0.170. The van der Waals surface area contributed by atoms with E-state index < -0.39 is 23.6 Å². The molecular weight excluding hydrogens is 512 g/mol. The standard InChI is InChI=1S/C30H26N4O6/c35-27(21-9-3-1-4-10-21)33-25(19-23-13-7-17-39-23)29(37)31-15-16-32-30(38)26(20-24-14-8-18-40-24)34-28(36)22-11-5-2-6-12-22/h1-14,17-20H,15-16H2,(H,31,37)(H,32,38)(H,33,35)(H,34,36)/b25-19+,26-20+. The molecule has 0 unspecified atom stereocenters. The summed E-state index contributed by atoms with van der Waals surface area (Å²) in [6.07, 6.45) is 5.69. The van der Waals surface area contributed by atoms with Crippen molar-refractivity contribution in [3.63, 3.8) is 0 Å². The lowest BCUT2D eigenvalue weighted by atomic mass is 10.2. The van der Waals surface area contributed by atoms with Crippen LogP contribution in [0.4, 0.5) is 0 Å². The van der Waals surface area contributed by atoms with Gasteiger partial charge in [0.05, 0.1) is 12.5 Å². The fourth-order valence-corrected chi connectivity index (χ4v) is 3.46. The van der Waals surface area contributed by atoms with Crippen LogP contribution in [-0.4, -0.2) is 36.7 Å². The predicted molar refractivity (Wildman–Crippen MR) is 147 cm³/mol. The number of carbonyl (C=O) groups excluding carboxylic acids is 4. The monoisotopic (exact) mass is 538 g/mol. The van der Waals surface area contributed by atoms with Gasteiger partial charge in [-0.3, -0.25) is 19.2 Å². The van der Waals surface area contributed by atoms with Crippen molar-refractivity contribution in [1.82, 2.24) is 21.3 Å². The molecule has 0 aliphatic rings. The van der Waals surface area contributed by atoms with Gasteiger partial charge in [-0.1, -0.05) is 36.4 Å². The van der Waals surface area contributed by atoms with Crippen molar-refractivity contribution in [2.75, 3.05) is 13.1 Å². The number of carbonyl (C=O) groups is 4. The lowest BCUT2D eigenvalue weighted by Gasteiger charge is -2.13. The Morgan fingerprint density at radius 3 is 1.30 bits per heavy atom. The third-order valence-electron chi connectivity index (χ3n) is 5.41. The molecule has 2 aromatic heterocycles. The van der Waals surface area contributed by atoms with Crippen LogP contribution in [0, 0.1) is 0 Å². The molecule has 0 spiro atoms. The normalized spacial score (nSPS) is 11.4. The first-order chi connectivity index (χ1) is 19.5. The minimum Gasteiger partial charge on any atom is -0.465 e. The van der Waals surface area contributed by atoms with Crippen LogP contribution in [0.1, 0.15) is 32.2 Å². The number of benzene rings is 2. The van der Waals surface area contributed by atoms with Crippen molar-refractivity contribution in [3.05, 3.63) is 131 Å². The molecule has 10 nitrogen and oxygen atoms in total. The molecule has 0 atom stereocenters. The summed E-state index contributed by atoms with van der Waals surface area (Å²) >= 11 is 0. The molecule has 4 rings (SSSR count). The van der Waals surface area contributed by atoms with Crippen molar-refractivity contribution in [1.29, 1.82) is 0 Å². The van der Waals surface area contributed by atoms with E-state index in [2.05, 4.69) is 21.3 Å². The SMILES string of the molecule is O=C(NCCNC(=O)/C(=C\c1ccco1)NC(=O)c1ccccc1)/C(=C\c1ccco1)NC(=O)c1ccccc1. The van der Waals surface area contributed by atoms with E-state index in [1.807, 2.05) is 0 Å².